The van der Waals surface area contributed by atoms with Gasteiger partial charge in [-0.2, -0.15) is 0 Å². The van der Waals surface area contributed by atoms with Crippen molar-refractivity contribution in [1.29, 1.82) is 0 Å². The summed E-state index contributed by atoms with van der Waals surface area (Å²) in [4.78, 5) is 25.2. The van der Waals surface area contributed by atoms with Crippen molar-refractivity contribution in [3.8, 4) is 0 Å². The molecule has 1 aromatic carbocycles. The Kier molecular flexibility index (Phi) is 8.07. The van der Waals surface area contributed by atoms with Crippen molar-refractivity contribution in [2.45, 2.75) is 19.4 Å². The Morgan fingerprint density at radius 2 is 1.87 bits per heavy atom. The van der Waals surface area contributed by atoms with Gasteiger partial charge < -0.3 is 15.5 Å². The first-order valence-corrected chi connectivity index (χ1v) is 10.6. The van der Waals surface area contributed by atoms with Crippen molar-refractivity contribution in [1.82, 2.24) is 25.5 Å². The van der Waals surface area contributed by atoms with Gasteiger partial charge in [-0.25, -0.2) is 19.2 Å². The maximum Gasteiger partial charge on any atom is 0.315 e. The van der Waals surface area contributed by atoms with Gasteiger partial charge >= 0.3 is 6.03 Å². The van der Waals surface area contributed by atoms with Gasteiger partial charge in [0.2, 0.25) is 5.95 Å². The number of nitrogens with zero attached hydrogens (tertiary/aromatic N) is 4. The minimum atomic E-state index is -0.566. The molecule has 2 aromatic rings. The lowest BCUT2D eigenvalue weighted by atomic mass is 10.1. The molecule has 3 rings (SSSR count). The van der Waals surface area contributed by atoms with Crippen molar-refractivity contribution in [2.24, 2.45) is 0 Å². The Hall–Kier alpha value is -2.16. The summed E-state index contributed by atoms with van der Waals surface area (Å²) in [7, 11) is 0. The van der Waals surface area contributed by atoms with E-state index < -0.39 is 11.9 Å². The van der Waals surface area contributed by atoms with Crippen LogP contribution in [0.1, 0.15) is 24.9 Å². The summed E-state index contributed by atoms with van der Waals surface area (Å²) in [5.74, 6) is 0.203. The predicted molar refractivity (Wildman–Crippen MR) is 117 cm³/mol. The van der Waals surface area contributed by atoms with E-state index in [0.29, 0.717) is 17.1 Å². The highest BCUT2D eigenvalue weighted by atomic mass is 35.5. The highest BCUT2D eigenvalue weighted by Gasteiger charge is 2.19. The number of amides is 2. The van der Waals surface area contributed by atoms with E-state index in [1.807, 2.05) is 6.07 Å². The second-order valence-electron chi connectivity index (χ2n) is 7.14. The zero-order valence-corrected chi connectivity index (χ0v) is 18.3. The normalized spacial score (nSPS) is 15.7. The van der Waals surface area contributed by atoms with E-state index >= 15 is 0 Å². The lowest BCUT2D eigenvalue weighted by molar-refractivity contribution is 0.233. The highest BCUT2D eigenvalue weighted by molar-refractivity contribution is 6.35. The van der Waals surface area contributed by atoms with Crippen LogP contribution in [-0.4, -0.2) is 60.2 Å². The average Bonchev–Trinajstić information content (AvgIpc) is 2.75. The topological polar surface area (TPSA) is 73.4 Å². The van der Waals surface area contributed by atoms with Gasteiger partial charge in [0.15, 0.2) is 0 Å². The maximum absolute atomic E-state index is 13.7. The first-order valence-electron chi connectivity index (χ1n) is 9.87. The summed E-state index contributed by atoms with van der Waals surface area (Å²) in [5.41, 5.74) is 0.481. The molecule has 1 fully saturated rings. The van der Waals surface area contributed by atoms with Crippen LogP contribution in [0, 0.1) is 5.82 Å². The van der Waals surface area contributed by atoms with Crippen molar-refractivity contribution in [2.75, 3.05) is 44.2 Å². The Morgan fingerprint density at radius 1 is 1.17 bits per heavy atom. The monoisotopic (exact) mass is 454 g/mol. The van der Waals surface area contributed by atoms with Crippen LogP contribution in [0.2, 0.25) is 10.0 Å². The number of halogens is 3. The summed E-state index contributed by atoms with van der Waals surface area (Å²) >= 11 is 11.8. The van der Waals surface area contributed by atoms with Crippen LogP contribution in [0.25, 0.3) is 0 Å². The van der Waals surface area contributed by atoms with Gasteiger partial charge in [0, 0.05) is 50.1 Å². The highest BCUT2D eigenvalue weighted by Crippen LogP contribution is 2.28. The molecule has 0 spiro atoms. The summed E-state index contributed by atoms with van der Waals surface area (Å²) < 4.78 is 13.7. The molecule has 2 heterocycles. The molecule has 0 aliphatic carbocycles. The quantitative estimate of drug-likeness (QED) is 0.494. The van der Waals surface area contributed by atoms with Gasteiger partial charge in [0.05, 0.1) is 11.1 Å². The van der Waals surface area contributed by atoms with Gasteiger partial charge in [-0.05, 0) is 43.7 Å². The molecule has 0 saturated carbocycles. The number of hydrogen-bond donors (Lipinski definition) is 2. The van der Waals surface area contributed by atoms with Crippen LogP contribution in [0.15, 0.2) is 30.6 Å². The zero-order valence-electron chi connectivity index (χ0n) is 16.7. The maximum atomic E-state index is 13.7. The van der Waals surface area contributed by atoms with E-state index in [-0.39, 0.29) is 11.1 Å². The number of piperazine rings is 1. The third-order valence-electron chi connectivity index (χ3n) is 5.00. The zero-order chi connectivity index (χ0) is 21.5. The van der Waals surface area contributed by atoms with Crippen LogP contribution < -0.4 is 15.5 Å². The minimum absolute atomic E-state index is 0.0440. The first-order chi connectivity index (χ1) is 14.4. The molecular weight excluding hydrogens is 430 g/mol. The van der Waals surface area contributed by atoms with Crippen LogP contribution in [0.3, 0.4) is 0 Å². The fourth-order valence-corrected chi connectivity index (χ4v) is 3.87. The molecule has 162 valence electrons. The smallest absolute Gasteiger partial charge is 0.315 e. The number of nitrogens with one attached hydrogen (secondary N) is 2. The second-order valence-corrected chi connectivity index (χ2v) is 7.96. The molecule has 1 unspecified atom stereocenters. The molecule has 1 aliphatic heterocycles. The molecule has 30 heavy (non-hydrogen) atoms. The van der Waals surface area contributed by atoms with Gasteiger partial charge in [0.25, 0.3) is 0 Å². The summed E-state index contributed by atoms with van der Waals surface area (Å²) in [6, 6.07) is 3.63. The molecule has 1 atom stereocenters. The molecule has 1 aliphatic rings. The van der Waals surface area contributed by atoms with Crippen molar-refractivity contribution >= 4 is 35.2 Å². The number of hydrogen-bond acceptors (Lipinski definition) is 5. The fourth-order valence-electron chi connectivity index (χ4n) is 3.33. The minimum Gasteiger partial charge on any atom is -0.338 e. The van der Waals surface area contributed by atoms with Gasteiger partial charge in [-0.15, -0.1) is 0 Å². The molecule has 0 radical (unpaired) electrons. The Bertz CT molecular complexity index is 849. The van der Waals surface area contributed by atoms with Gasteiger partial charge in [-0.3, -0.25) is 4.90 Å². The number of aromatic nitrogens is 2. The lowest BCUT2D eigenvalue weighted by Crippen LogP contribution is -2.47. The van der Waals surface area contributed by atoms with Crippen LogP contribution in [-0.2, 0) is 0 Å². The van der Waals surface area contributed by atoms with E-state index in [2.05, 4.69) is 30.4 Å². The average molecular weight is 455 g/mol. The molecule has 2 N–H and O–H groups in total. The SMILES string of the molecule is CC(NC(=O)NCCCN1CCN(c2ncccn2)CC1)c1cc(F)c(Cl)cc1Cl. The Balaban J connectivity index is 1.34. The Morgan fingerprint density at radius 3 is 2.57 bits per heavy atom. The van der Waals surface area contributed by atoms with E-state index in [1.165, 1.54) is 12.1 Å². The second kappa shape index (κ2) is 10.7. The van der Waals surface area contributed by atoms with E-state index in [1.54, 1.807) is 19.3 Å². The summed E-state index contributed by atoms with van der Waals surface area (Å²) in [5, 5.41) is 5.87. The molecule has 0 bridgehead atoms. The molecule has 1 saturated heterocycles. The van der Waals surface area contributed by atoms with Gasteiger partial charge in [-0.1, -0.05) is 23.2 Å². The largest absolute Gasteiger partial charge is 0.338 e. The molecule has 10 heteroatoms. The van der Waals surface area contributed by atoms with E-state index in [0.717, 1.165) is 45.1 Å². The first kappa shape index (κ1) is 22.5. The van der Waals surface area contributed by atoms with Crippen molar-refractivity contribution in [3.63, 3.8) is 0 Å². The van der Waals surface area contributed by atoms with Crippen LogP contribution >= 0.6 is 23.2 Å². The molecule has 1 aromatic heterocycles. The Labute approximate surface area is 185 Å². The third-order valence-corrected chi connectivity index (χ3v) is 5.61. The number of rotatable bonds is 7. The number of carbonyl (C=O) groups excluding carboxylic acids is 1. The predicted octanol–water partition coefficient (Wildman–Crippen LogP) is 3.50. The number of carbonyl (C=O) groups is 1. The molecular formula is C20H25Cl2FN6O. The van der Waals surface area contributed by atoms with E-state index in [9.17, 15) is 9.18 Å². The summed E-state index contributed by atoms with van der Waals surface area (Å²) in [6.07, 6.45) is 4.34. The fraction of sp³-hybridized carbons (Fsp3) is 0.450. The summed E-state index contributed by atoms with van der Waals surface area (Å²) in [6.45, 7) is 6.81. The third kappa shape index (κ3) is 6.17. The van der Waals surface area contributed by atoms with Crippen LogP contribution in [0.4, 0.5) is 15.1 Å². The molecule has 2 amide bonds. The standard InChI is InChI=1S/C20H25Cl2FN6O/c1-14(15-12-18(23)17(22)13-16(15)21)27-20(30)26-6-3-7-28-8-10-29(11-9-28)19-24-4-2-5-25-19/h2,4-5,12-14H,3,6-11H2,1H3,(H2,26,27,30). The van der Waals surface area contributed by atoms with Gasteiger partial charge in [0.1, 0.15) is 5.82 Å². The van der Waals surface area contributed by atoms with Crippen molar-refractivity contribution in [3.05, 3.63) is 52.0 Å². The van der Waals surface area contributed by atoms with Crippen molar-refractivity contribution < 1.29 is 9.18 Å². The number of urea groups is 1. The number of anilines is 1. The number of benzene rings is 1. The van der Waals surface area contributed by atoms with E-state index in [4.69, 9.17) is 23.2 Å². The lowest BCUT2D eigenvalue weighted by Gasteiger charge is -2.34. The van der Waals surface area contributed by atoms with Crippen LogP contribution in [0.5, 0.6) is 0 Å². The molecule has 7 nitrogen and oxygen atoms in total.